The molecular formula is C25H32N2O5. The van der Waals surface area contributed by atoms with E-state index < -0.39 is 12.0 Å². The van der Waals surface area contributed by atoms with E-state index in [-0.39, 0.29) is 11.8 Å². The molecule has 0 aliphatic heterocycles. The van der Waals surface area contributed by atoms with Gasteiger partial charge in [-0.05, 0) is 24.0 Å². The normalized spacial score (nSPS) is 11.4. The molecule has 32 heavy (non-hydrogen) atoms. The quantitative estimate of drug-likeness (QED) is 0.267. The summed E-state index contributed by atoms with van der Waals surface area (Å²) in [6.07, 6.45) is 4.17. The topological polar surface area (TPSA) is 93.7 Å². The highest BCUT2D eigenvalue weighted by Crippen LogP contribution is 2.08. The van der Waals surface area contributed by atoms with Crippen LogP contribution >= 0.6 is 0 Å². The van der Waals surface area contributed by atoms with E-state index >= 15 is 0 Å². The lowest BCUT2D eigenvalue weighted by atomic mass is 10.1. The molecule has 0 saturated heterocycles. The van der Waals surface area contributed by atoms with E-state index in [2.05, 4.69) is 10.8 Å². The Kier molecular flexibility index (Phi) is 11.6. The first-order chi connectivity index (χ1) is 15.6. The fourth-order valence-corrected chi connectivity index (χ4v) is 3.20. The number of nitrogens with one attached hydrogen (secondary N) is 2. The van der Waals surface area contributed by atoms with Gasteiger partial charge in [-0.1, -0.05) is 73.5 Å². The van der Waals surface area contributed by atoms with Crippen LogP contribution in [0.4, 0.5) is 0 Å². The SMILES string of the molecule is COC(=O)[C@H](Cc1ccccc1)NC(=O)CCCCCCC(=O)NOCc1ccccc1. The summed E-state index contributed by atoms with van der Waals surface area (Å²) in [5.41, 5.74) is 4.39. The third kappa shape index (κ3) is 10.2. The third-order valence-electron chi connectivity index (χ3n) is 4.93. The summed E-state index contributed by atoms with van der Waals surface area (Å²) in [7, 11) is 1.31. The molecule has 0 fully saturated rings. The Hall–Kier alpha value is -3.19. The van der Waals surface area contributed by atoms with Gasteiger partial charge in [0.05, 0.1) is 13.7 Å². The number of carbonyl (C=O) groups is 3. The van der Waals surface area contributed by atoms with Crippen molar-refractivity contribution in [3.63, 3.8) is 0 Å². The molecule has 7 heteroatoms. The molecule has 2 rings (SSSR count). The molecular weight excluding hydrogens is 408 g/mol. The molecule has 2 aromatic rings. The highest BCUT2D eigenvalue weighted by molar-refractivity contribution is 5.84. The van der Waals surface area contributed by atoms with Gasteiger partial charge in [0.1, 0.15) is 6.04 Å². The summed E-state index contributed by atoms with van der Waals surface area (Å²) in [5, 5.41) is 2.77. The fourth-order valence-electron chi connectivity index (χ4n) is 3.20. The summed E-state index contributed by atoms with van der Waals surface area (Å²) in [6.45, 7) is 0.332. The zero-order chi connectivity index (χ0) is 23.0. The average Bonchev–Trinajstić information content (AvgIpc) is 2.81. The maximum absolute atomic E-state index is 12.2. The molecule has 0 aliphatic carbocycles. The van der Waals surface area contributed by atoms with Gasteiger partial charge in [0.2, 0.25) is 11.8 Å². The number of ether oxygens (including phenoxy) is 1. The standard InChI is InChI=1S/C25H32N2O5/c1-31-25(30)22(18-20-12-6-4-7-13-20)26-23(28)16-10-2-3-11-17-24(29)27-32-19-21-14-8-5-9-15-21/h4-9,12-15,22H,2-3,10-11,16-19H2,1H3,(H,26,28)(H,27,29)/t22-/m0/s1. The van der Waals surface area contributed by atoms with Crippen LogP contribution in [0.1, 0.15) is 49.7 Å². The van der Waals surface area contributed by atoms with Crippen LogP contribution < -0.4 is 10.8 Å². The van der Waals surface area contributed by atoms with Gasteiger partial charge in [0.25, 0.3) is 0 Å². The van der Waals surface area contributed by atoms with Crippen LogP contribution in [0.5, 0.6) is 0 Å². The molecule has 0 bridgehead atoms. The maximum atomic E-state index is 12.2. The monoisotopic (exact) mass is 440 g/mol. The number of hydrogen-bond acceptors (Lipinski definition) is 5. The van der Waals surface area contributed by atoms with Gasteiger partial charge in [-0.25, -0.2) is 10.3 Å². The molecule has 0 spiro atoms. The first-order valence-electron chi connectivity index (χ1n) is 10.9. The lowest BCUT2D eigenvalue weighted by Crippen LogP contribution is -2.43. The molecule has 2 amide bonds. The van der Waals surface area contributed by atoms with Gasteiger partial charge < -0.3 is 10.1 Å². The average molecular weight is 441 g/mol. The lowest BCUT2D eigenvalue weighted by molar-refractivity contribution is -0.145. The summed E-state index contributed by atoms with van der Waals surface area (Å²) in [6, 6.07) is 18.4. The molecule has 0 heterocycles. The van der Waals surface area contributed by atoms with E-state index in [0.717, 1.165) is 30.4 Å². The number of amides is 2. The van der Waals surface area contributed by atoms with Crippen molar-refractivity contribution in [2.24, 2.45) is 0 Å². The minimum Gasteiger partial charge on any atom is -0.467 e. The smallest absolute Gasteiger partial charge is 0.328 e. The molecule has 0 radical (unpaired) electrons. The van der Waals surface area contributed by atoms with E-state index in [1.165, 1.54) is 7.11 Å². The summed E-state index contributed by atoms with van der Waals surface area (Å²) < 4.78 is 4.82. The molecule has 0 saturated carbocycles. The van der Waals surface area contributed by atoms with Crippen LogP contribution in [-0.2, 0) is 37.0 Å². The van der Waals surface area contributed by atoms with Crippen LogP contribution in [0.2, 0.25) is 0 Å². The van der Waals surface area contributed by atoms with E-state index in [1.54, 1.807) is 0 Å². The number of hydrogen-bond donors (Lipinski definition) is 2. The molecule has 0 aromatic heterocycles. The van der Waals surface area contributed by atoms with Crippen LogP contribution in [0.3, 0.4) is 0 Å². The Labute approximate surface area is 189 Å². The second-order valence-electron chi connectivity index (χ2n) is 7.55. The minimum absolute atomic E-state index is 0.152. The molecule has 2 N–H and O–H groups in total. The van der Waals surface area contributed by atoms with Crippen molar-refractivity contribution >= 4 is 17.8 Å². The largest absolute Gasteiger partial charge is 0.467 e. The predicted octanol–water partition coefficient (Wildman–Crippen LogP) is 3.48. The Morgan fingerprint density at radius 1 is 0.781 bits per heavy atom. The van der Waals surface area contributed by atoms with Gasteiger partial charge in [0.15, 0.2) is 0 Å². The summed E-state index contributed by atoms with van der Waals surface area (Å²) in [5.74, 6) is -0.786. The molecule has 0 unspecified atom stereocenters. The van der Waals surface area contributed by atoms with Crippen LogP contribution in [-0.4, -0.2) is 30.9 Å². The van der Waals surface area contributed by atoms with Crippen LogP contribution in [0.15, 0.2) is 60.7 Å². The number of hydroxylamine groups is 1. The second kappa shape index (κ2) is 14.8. The minimum atomic E-state index is -0.700. The van der Waals surface area contributed by atoms with Gasteiger partial charge in [-0.2, -0.15) is 0 Å². The van der Waals surface area contributed by atoms with Gasteiger partial charge in [-0.15, -0.1) is 0 Å². The van der Waals surface area contributed by atoms with Crippen molar-refractivity contribution in [2.75, 3.05) is 7.11 Å². The first kappa shape index (κ1) is 25.1. The Balaban J connectivity index is 1.55. The van der Waals surface area contributed by atoms with E-state index in [4.69, 9.17) is 9.57 Å². The van der Waals surface area contributed by atoms with Crippen molar-refractivity contribution in [1.29, 1.82) is 0 Å². The number of carbonyl (C=O) groups excluding carboxylic acids is 3. The van der Waals surface area contributed by atoms with Crippen LogP contribution in [0.25, 0.3) is 0 Å². The number of benzene rings is 2. The van der Waals surface area contributed by atoms with Gasteiger partial charge in [0, 0.05) is 19.3 Å². The Morgan fingerprint density at radius 3 is 1.94 bits per heavy atom. The summed E-state index contributed by atoms with van der Waals surface area (Å²) >= 11 is 0. The Morgan fingerprint density at radius 2 is 1.34 bits per heavy atom. The van der Waals surface area contributed by atoms with E-state index in [9.17, 15) is 14.4 Å². The molecule has 172 valence electrons. The van der Waals surface area contributed by atoms with E-state index in [1.807, 2.05) is 60.7 Å². The van der Waals surface area contributed by atoms with Gasteiger partial charge in [-0.3, -0.25) is 14.4 Å². The number of unbranched alkanes of at least 4 members (excludes halogenated alkanes) is 3. The number of esters is 1. The molecule has 2 aromatic carbocycles. The zero-order valence-electron chi connectivity index (χ0n) is 18.5. The van der Waals surface area contributed by atoms with Crippen LogP contribution in [0, 0.1) is 0 Å². The third-order valence-corrected chi connectivity index (χ3v) is 4.93. The lowest BCUT2D eigenvalue weighted by Gasteiger charge is -2.16. The number of rotatable bonds is 14. The Bertz CT molecular complexity index is 827. The molecule has 7 nitrogen and oxygen atoms in total. The summed E-state index contributed by atoms with van der Waals surface area (Å²) in [4.78, 5) is 41.2. The van der Waals surface area contributed by atoms with Crippen molar-refractivity contribution in [2.45, 2.75) is 57.6 Å². The fraction of sp³-hybridized carbons (Fsp3) is 0.400. The molecule has 0 aliphatic rings. The van der Waals surface area contributed by atoms with Crippen molar-refractivity contribution in [3.8, 4) is 0 Å². The highest BCUT2D eigenvalue weighted by atomic mass is 16.6. The number of methoxy groups -OCH3 is 1. The first-order valence-corrected chi connectivity index (χ1v) is 10.9. The van der Waals surface area contributed by atoms with E-state index in [0.29, 0.717) is 32.3 Å². The highest BCUT2D eigenvalue weighted by Gasteiger charge is 2.21. The van der Waals surface area contributed by atoms with Crippen molar-refractivity contribution in [3.05, 3.63) is 71.8 Å². The zero-order valence-corrected chi connectivity index (χ0v) is 18.5. The predicted molar refractivity (Wildman–Crippen MR) is 121 cm³/mol. The second-order valence-corrected chi connectivity index (χ2v) is 7.55. The van der Waals surface area contributed by atoms with Gasteiger partial charge >= 0.3 is 5.97 Å². The maximum Gasteiger partial charge on any atom is 0.328 e. The van der Waals surface area contributed by atoms with Crippen molar-refractivity contribution in [1.82, 2.24) is 10.8 Å². The van der Waals surface area contributed by atoms with Crippen molar-refractivity contribution < 1.29 is 24.0 Å². The molecule has 1 atom stereocenters.